The van der Waals surface area contributed by atoms with Crippen molar-refractivity contribution in [1.29, 1.82) is 0 Å². The third-order valence-corrected chi connectivity index (χ3v) is 6.05. The van der Waals surface area contributed by atoms with E-state index in [1.807, 2.05) is 18.2 Å². The maximum atomic E-state index is 12.9. The van der Waals surface area contributed by atoms with Gasteiger partial charge in [0.1, 0.15) is 11.4 Å². The number of benzene rings is 1. The Kier molecular flexibility index (Phi) is 4.36. The van der Waals surface area contributed by atoms with E-state index in [-0.39, 0.29) is 23.5 Å². The van der Waals surface area contributed by atoms with Crippen LogP contribution < -0.4 is 4.74 Å². The van der Waals surface area contributed by atoms with Gasteiger partial charge in [-0.05, 0) is 24.6 Å². The molecule has 1 aromatic heterocycles. The Balaban J connectivity index is 1.91. The van der Waals surface area contributed by atoms with Crippen LogP contribution in [0.1, 0.15) is 16.9 Å². The zero-order valence-electron chi connectivity index (χ0n) is 13.5. The SMILES string of the molecule is C=CCN(C(=O)c1cc2ccc(OC)cc2[nH]1)C1CCS(=O)(=O)C1. The number of H-pyrrole nitrogens is 1. The molecule has 128 valence electrons. The van der Waals surface area contributed by atoms with E-state index in [1.54, 1.807) is 24.2 Å². The molecule has 1 aliphatic rings. The number of carbonyl (C=O) groups is 1. The Labute approximate surface area is 141 Å². The van der Waals surface area contributed by atoms with Gasteiger partial charge in [-0.25, -0.2) is 8.42 Å². The minimum atomic E-state index is -3.06. The second-order valence-electron chi connectivity index (χ2n) is 5.94. The van der Waals surface area contributed by atoms with Gasteiger partial charge in [0.25, 0.3) is 5.91 Å². The monoisotopic (exact) mass is 348 g/mol. The summed E-state index contributed by atoms with van der Waals surface area (Å²) in [6.07, 6.45) is 2.09. The smallest absolute Gasteiger partial charge is 0.270 e. The zero-order valence-corrected chi connectivity index (χ0v) is 14.3. The molecule has 1 saturated heterocycles. The van der Waals surface area contributed by atoms with E-state index in [9.17, 15) is 13.2 Å². The third kappa shape index (κ3) is 3.17. The number of hydrogen-bond acceptors (Lipinski definition) is 4. The quantitative estimate of drug-likeness (QED) is 0.838. The molecule has 6 nitrogen and oxygen atoms in total. The first-order chi connectivity index (χ1) is 11.4. The summed E-state index contributed by atoms with van der Waals surface area (Å²) in [5.74, 6) is 0.628. The van der Waals surface area contributed by atoms with Crippen LogP contribution in [0.25, 0.3) is 10.9 Å². The van der Waals surface area contributed by atoms with Crippen LogP contribution in [-0.2, 0) is 9.84 Å². The maximum absolute atomic E-state index is 12.9. The standard InChI is InChI=1S/C17H20N2O4S/c1-3-7-19(13-6-8-24(21,22)11-13)17(20)16-9-12-4-5-14(23-2)10-15(12)18-16/h3-5,9-10,13,18H,1,6-8,11H2,2H3. The lowest BCUT2D eigenvalue weighted by Gasteiger charge is -2.26. The molecule has 1 atom stereocenters. The van der Waals surface area contributed by atoms with Crippen molar-refractivity contribution >= 4 is 26.6 Å². The summed E-state index contributed by atoms with van der Waals surface area (Å²) in [7, 11) is -1.48. The summed E-state index contributed by atoms with van der Waals surface area (Å²) >= 11 is 0. The van der Waals surface area contributed by atoms with Crippen molar-refractivity contribution in [2.75, 3.05) is 25.2 Å². The highest BCUT2D eigenvalue weighted by Gasteiger charge is 2.34. The molecule has 7 heteroatoms. The summed E-state index contributed by atoms with van der Waals surface area (Å²) < 4.78 is 28.7. The number of carbonyl (C=O) groups excluding carboxylic acids is 1. The highest BCUT2D eigenvalue weighted by Crippen LogP contribution is 2.24. The molecule has 1 fully saturated rings. The van der Waals surface area contributed by atoms with Crippen LogP contribution in [0.4, 0.5) is 0 Å². The van der Waals surface area contributed by atoms with Crippen molar-refractivity contribution in [3.8, 4) is 5.75 Å². The van der Waals surface area contributed by atoms with Crippen LogP contribution in [0.3, 0.4) is 0 Å². The number of sulfone groups is 1. The fraction of sp³-hybridized carbons (Fsp3) is 0.353. The Morgan fingerprint density at radius 3 is 2.88 bits per heavy atom. The van der Waals surface area contributed by atoms with E-state index in [4.69, 9.17) is 4.74 Å². The normalized spacial score (nSPS) is 19.3. The van der Waals surface area contributed by atoms with E-state index in [1.165, 1.54) is 0 Å². The third-order valence-electron chi connectivity index (χ3n) is 4.30. The number of nitrogens with one attached hydrogen (secondary N) is 1. The Morgan fingerprint density at radius 1 is 1.46 bits per heavy atom. The van der Waals surface area contributed by atoms with Crippen molar-refractivity contribution in [1.82, 2.24) is 9.88 Å². The summed E-state index contributed by atoms with van der Waals surface area (Å²) in [6.45, 7) is 4.00. The van der Waals surface area contributed by atoms with Gasteiger partial charge in [-0.15, -0.1) is 6.58 Å². The van der Waals surface area contributed by atoms with Crippen molar-refractivity contribution < 1.29 is 17.9 Å². The number of ether oxygens (including phenoxy) is 1. The summed E-state index contributed by atoms with van der Waals surface area (Å²) in [5.41, 5.74) is 1.24. The minimum Gasteiger partial charge on any atom is -0.497 e. The number of aromatic nitrogens is 1. The first kappa shape index (κ1) is 16.6. The summed E-state index contributed by atoms with van der Waals surface area (Å²) in [4.78, 5) is 17.6. The molecule has 1 N–H and O–H groups in total. The van der Waals surface area contributed by atoms with E-state index >= 15 is 0 Å². The molecule has 0 radical (unpaired) electrons. The number of hydrogen-bond donors (Lipinski definition) is 1. The highest BCUT2D eigenvalue weighted by molar-refractivity contribution is 7.91. The first-order valence-corrected chi connectivity index (χ1v) is 9.54. The molecule has 1 amide bonds. The van der Waals surface area contributed by atoms with Gasteiger partial charge < -0.3 is 14.6 Å². The zero-order chi connectivity index (χ0) is 17.3. The number of amides is 1. The molecule has 24 heavy (non-hydrogen) atoms. The number of fused-ring (bicyclic) bond motifs is 1. The average Bonchev–Trinajstić information content (AvgIpc) is 3.14. The molecular weight excluding hydrogens is 328 g/mol. The molecule has 2 heterocycles. The van der Waals surface area contributed by atoms with E-state index < -0.39 is 9.84 Å². The molecular formula is C17H20N2O4S. The molecule has 0 saturated carbocycles. The van der Waals surface area contributed by atoms with Crippen LogP contribution in [0.15, 0.2) is 36.9 Å². The lowest BCUT2D eigenvalue weighted by atomic mass is 10.2. The Morgan fingerprint density at radius 2 is 2.25 bits per heavy atom. The molecule has 1 unspecified atom stereocenters. The van der Waals surface area contributed by atoms with Crippen LogP contribution in [0.5, 0.6) is 5.75 Å². The van der Waals surface area contributed by atoms with Crippen molar-refractivity contribution in [2.45, 2.75) is 12.5 Å². The van der Waals surface area contributed by atoms with E-state index in [0.717, 1.165) is 10.9 Å². The number of methoxy groups -OCH3 is 1. The largest absolute Gasteiger partial charge is 0.497 e. The van der Waals surface area contributed by atoms with Crippen LogP contribution in [0, 0.1) is 0 Å². The topological polar surface area (TPSA) is 79.5 Å². The molecule has 1 aromatic carbocycles. The van der Waals surface area contributed by atoms with Gasteiger partial charge in [-0.3, -0.25) is 4.79 Å². The minimum absolute atomic E-state index is 0.0145. The van der Waals surface area contributed by atoms with Crippen LogP contribution >= 0.6 is 0 Å². The fourth-order valence-corrected chi connectivity index (χ4v) is 4.79. The van der Waals surface area contributed by atoms with Gasteiger partial charge in [0.05, 0.1) is 18.6 Å². The second-order valence-corrected chi connectivity index (χ2v) is 8.17. The van der Waals surface area contributed by atoms with Gasteiger partial charge in [0.2, 0.25) is 0 Å². The fourth-order valence-electron chi connectivity index (χ4n) is 3.06. The van der Waals surface area contributed by atoms with Gasteiger partial charge in [0.15, 0.2) is 9.84 Å². The van der Waals surface area contributed by atoms with E-state index in [0.29, 0.717) is 24.4 Å². The molecule has 0 aliphatic carbocycles. The number of rotatable bonds is 5. The summed E-state index contributed by atoms with van der Waals surface area (Å²) in [5, 5.41) is 0.900. The molecule has 1 aliphatic heterocycles. The van der Waals surface area contributed by atoms with E-state index in [2.05, 4.69) is 11.6 Å². The van der Waals surface area contributed by atoms with Gasteiger partial charge in [-0.2, -0.15) is 0 Å². The molecule has 3 rings (SSSR count). The van der Waals surface area contributed by atoms with Crippen LogP contribution in [-0.4, -0.2) is 55.4 Å². The van der Waals surface area contributed by atoms with Gasteiger partial charge >= 0.3 is 0 Å². The van der Waals surface area contributed by atoms with Crippen molar-refractivity contribution in [3.05, 3.63) is 42.6 Å². The highest BCUT2D eigenvalue weighted by atomic mass is 32.2. The molecule has 0 bridgehead atoms. The Hall–Kier alpha value is -2.28. The second kappa shape index (κ2) is 6.32. The predicted molar refractivity (Wildman–Crippen MR) is 93.1 cm³/mol. The maximum Gasteiger partial charge on any atom is 0.270 e. The molecule has 2 aromatic rings. The number of nitrogens with zero attached hydrogens (tertiary/aromatic N) is 1. The lowest BCUT2D eigenvalue weighted by Crippen LogP contribution is -2.41. The van der Waals surface area contributed by atoms with Gasteiger partial charge in [-0.1, -0.05) is 6.08 Å². The van der Waals surface area contributed by atoms with Crippen molar-refractivity contribution in [3.63, 3.8) is 0 Å². The van der Waals surface area contributed by atoms with Crippen LogP contribution in [0.2, 0.25) is 0 Å². The summed E-state index contributed by atoms with van der Waals surface area (Å²) in [6, 6.07) is 7.00. The average molecular weight is 348 g/mol. The predicted octanol–water partition coefficient (Wildman–Crippen LogP) is 1.99. The Bertz CT molecular complexity index is 885. The number of aromatic amines is 1. The molecule has 0 spiro atoms. The van der Waals surface area contributed by atoms with Gasteiger partial charge in [0, 0.05) is 29.6 Å². The lowest BCUT2D eigenvalue weighted by molar-refractivity contribution is 0.0715. The van der Waals surface area contributed by atoms with Crippen molar-refractivity contribution in [2.24, 2.45) is 0 Å². The first-order valence-electron chi connectivity index (χ1n) is 7.72.